The third-order valence-electron chi connectivity index (χ3n) is 5.63. The van der Waals surface area contributed by atoms with Gasteiger partial charge in [-0.25, -0.2) is 0 Å². The van der Waals surface area contributed by atoms with Gasteiger partial charge in [0.1, 0.15) is 11.8 Å². The maximum atomic E-state index is 13.3. The predicted molar refractivity (Wildman–Crippen MR) is 130 cm³/mol. The maximum absolute atomic E-state index is 13.3. The Morgan fingerprint density at radius 1 is 1.06 bits per heavy atom. The van der Waals surface area contributed by atoms with Gasteiger partial charge in [-0.2, -0.15) is 0 Å². The molecule has 32 heavy (non-hydrogen) atoms. The summed E-state index contributed by atoms with van der Waals surface area (Å²) in [7, 11) is 0. The number of nitrogens with one attached hydrogen (secondary N) is 1. The van der Waals surface area contributed by atoms with Crippen molar-refractivity contribution >= 4 is 35.0 Å². The maximum Gasteiger partial charge on any atom is 0.261 e. The van der Waals surface area contributed by atoms with Crippen LogP contribution in [0.4, 0.5) is 0 Å². The van der Waals surface area contributed by atoms with Gasteiger partial charge in [-0.05, 0) is 68.5 Å². The number of carbonyl (C=O) groups excluding carboxylic acids is 2. The van der Waals surface area contributed by atoms with Crippen molar-refractivity contribution in [3.05, 3.63) is 63.1 Å². The highest BCUT2D eigenvalue weighted by Gasteiger charge is 2.29. The van der Waals surface area contributed by atoms with Crippen LogP contribution in [0.25, 0.3) is 0 Å². The van der Waals surface area contributed by atoms with E-state index < -0.39 is 6.04 Å². The average molecular weight is 479 g/mol. The fourth-order valence-electron chi connectivity index (χ4n) is 3.30. The lowest BCUT2D eigenvalue weighted by Crippen LogP contribution is -2.51. The van der Waals surface area contributed by atoms with E-state index in [0.717, 1.165) is 23.1 Å². The molecule has 2 atom stereocenters. The first-order valence-corrected chi connectivity index (χ1v) is 11.7. The third-order valence-corrected chi connectivity index (χ3v) is 6.37. The molecule has 0 bridgehead atoms. The molecule has 2 amide bonds. The third kappa shape index (κ3) is 6.88. The molecule has 0 saturated heterocycles. The van der Waals surface area contributed by atoms with Gasteiger partial charge in [0.2, 0.25) is 5.91 Å². The lowest BCUT2D eigenvalue weighted by Gasteiger charge is -2.31. The van der Waals surface area contributed by atoms with Crippen LogP contribution >= 0.6 is 23.2 Å². The average Bonchev–Trinajstić information content (AvgIpc) is 2.76. The Balaban J connectivity index is 2.28. The number of nitrogens with zero attached hydrogens (tertiary/aromatic N) is 1. The highest BCUT2D eigenvalue weighted by molar-refractivity contribution is 6.42. The first-order chi connectivity index (χ1) is 15.2. The van der Waals surface area contributed by atoms with Crippen LogP contribution in [0.2, 0.25) is 10.0 Å². The van der Waals surface area contributed by atoms with Gasteiger partial charge in [-0.1, -0.05) is 55.2 Å². The van der Waals surface area contributed by atoms with Crippen LogP contribution in [0.3, 0.4) is 0 Å². The molecule has 2 aromatic carbocycles. The number of benzene rings is 2. The summed E-state index contributed by atoms with van der Waals surface area (Å²) < 4.78 is 5.85. The van der Waals surface area contributed by atoms with E-state index in [9.17, 15) is 9.59 Å². The number of ether oxygens (including phenoxy) is 1. The number of amides is 2. The number of aryl methyl sites for hydroxylation is 1. The summed E-state index contributed by atoms with van der Waals surface area (Å²) in [6, 6.07) is 10.3. The van der Waals surface area contributed by atoms with Gasteiger partial charge in [-0.15, -0.1) is 0 Å². The Morgan fingerprint density at radius 3 is 2.41 bits per heavy atom. The molecule has 7 heteroatoms. The van der Waals surface area contributed by atoms with Crippen molar-refractivity contribution in [2.75, 3.05) is 6.61 Å². The Kier molecular flexibility index (Phi) is 9.85. The number of rotatable bonds is 10. The highest BCUT2D eigenvalue weighted by Crippen LogP contribution is 2.25. The van der Waals surface area contributed by atoms with E-state index in [2.05, 4.69) is 5.32 Å². The second kappa shape index (κ2) is 12.1. The molecule has 0 aliphatic heterocycles. The minimum absolute atomic E-state index is 0.0182. The van der Waals surface area contributed by atoms with Crippen molar-refractivity contribution in [3.63, 3.8) is 0 Å². The van der Waals surface area contributed by atoms with Gasteiger partial charge >= 0.3 is 0 Å². The van der Waals surface area contributed by atoms with E-state index in [1.54, 1.807) is 23.1 Å². The summed E-state index contributed by atoms with van der Waals surface area (Å²) in [5.41, 5.74) is 2.86. The smallest absolute Gasteiger partial charge is 0.261 e. The SMILES string of the molecule is CC[C@H](C(=O)N[C@@H](C)CC)N(Cc1ccc(Cl)c(Cl)c1)C(=O)COc1cccc(C)c1C. The molecule has 0 saturated carbocycles. The number of carbonyl (C=O) groups is 2. The minimum atomic E-state index is -0.631. The van der Waals surface area contributed by atoms with Gasteiger partial charge < -0.3 is 15.0 Å². The lowest BCUT2D eigenvalue weighted by molar-refractivity contribution is -0.143. The molecule has 0 radical (unpaired) electrons. The Hall–Kier alpha value is -2.24. The van der Waals surface area contributed by atoms with E-state index in [1.807, 2.05) is 52.8 Å². The van der Waals surface area contributed by atoms with Crippen LogP contribution in [0.15, 0.2) is 36.4 Å². The first kappa shape index (κ1) is 26.0. The van der Waals surface area contributed by atoms with Crippen molar-refractivity contribution < 1.29 is 14.3 Å². The molecule has 0 aliphatic rings. The number of hydrogen-bond donors (Lipinski definition) is 1. The number of hydrogen-bond acceptors (Lipinski definition) is 3. The Morgan fingerprint density at radius 2 is 1.78 bits per heavy atom. The van der Waals surface area contributed by atoms with E-state index >= 15 is 0 Å². The molecule has 0 aliphatic carbocycles. The normalized spacial score (nSPS) is 12.7. The molecule has 1 N–H and O–H groups in total. The highest BCUT2D eigenvalue weighted by atomic mass is 35.5. The fraction of sp³-hybridized carbons (Fsp3) is 0.440. The van der Waals surface area contributed by atoms with Gasteiger partial charge in [-0.3, -0.25) is 9.59 Å². The Bertz CT molecular complexity index is 949. The van der Waals surface area contributed by atoms with Gasteiger partial charge in [0.25, 0.3) is 5.91 Å². The van der Waals surface area contributed by atoms with Crippen LogP contribution in [0.1, 0.15) is 50.3 Å². The topological polar surface area (TPSA) is 58.6 Å². The summed E-state index contributed by atoms with van der Waals surface area (Å²) >= 11 is 12.2. The molecule has 0 spiro atoms. The van der Waals surface area contributed by atoms with Crippen LogP contribution in [0.5, 0.6) is 5.75 Å². The zero-order valence-electron chi connectivity index (χ0n) is 19.4. The summed E-state index contributed by atoms with van der Waals surface area (Å²) in [4.78, 5) is 27.8. The van der Waals surface area contributed by atoms with E-state index in [-0.39, 0.29) is 31.0 Å². The zero-order valence-corrected chi connectivity index (χ0v) is 20.9. The summed E-state index contributed by atoms with van der Waals surface area (Å²) in [5.74, 6) is 0.204. The zero-order chi connectivity index (χ0) is 23.8. The molecule has 2 aromatic rings. The van der Waals surface area contributed by atoms with Gasteiger partial charge in [0, 0.05) is 12.6 Å². The van der Waals surface area contributed by atoms with Crippen LogP contribution < -0.4 is 10.1 Å². The standard InChI is InChI=1S/C25H32Cl2N2O3/c1-6-17(4)28-25(31)22(7-2)29(14-19-11-12-20(26)21(27)13-19)24(30)15-32-23-10-8-9-16(3)18(23)5/h8-13,17,22H,6-7,14-15H2,1-5H3,(H,28,31)/t17-,22+/m0/s1. The fourth-order valence-corrected chi connectivity index (χ4v) is 3.62. The van der Waals surface area contributed by atoms with Crippen LogP contribution in [-0.2, 0) is 16.1 Å². The molecule has 0 fully saturated rings. The second-order valence-corrected chi connectivity index (χ2v) is 8.81. The molecular weight excluding hydrogens is 447 g/mol. The molecule has 174 valence electrons. The van der Waals surface area contributed by atoms with E-state index in [0.29, 0.717) is 22.2 Å². The molecule has 2 rings (SSSR count). The van der Waals surface area contributed by atoms with Crippen molar-refractivity contribution in [3.8, 4) is 5.75 Å². The van der Waals surface area contributed by atoms with E-state index in [1.165, 1.54) is 0 Å². The molecule has 0 heterocycles. The van der Waals surface area contributed by atoms with Crippen LogP contribution in [-0.4, -0.2) is 35.4 Å². The first-order valence-electron chi connectivity index (χ1n) is 10.9. The molecule has 0 unspecified atom stereocenters. The number of halogens is 2. The largest absolute Gasteiger partial charge is 0.483 e. The molecular formula is C25H32Cl2N2O3. The minimum Gasteiger partial charge on any atom is -0.483 e. The van der Waals surface area contributed by atoms with Crippen molar-refractivity contribution in [2.45, 2.75) is 66.1 Å². The van der Waals surface area contributed by atoms with Gasteiger partial charge in [0.05, 0.1) is 10.0 Å². The molecule has 5 nitrogen and oxygen atoms in total. The summed E-state index contributed by atoms with van der Waals surface area (Å²) in [5, 5.41) is 3.83. The quantitative estimate of drug-likeness (QED) is 0.475. The lowest BCUT2D eigenvalue weighted by atomic mass is 10.1. The summed E-state index contributed by atoms with van der Waals surface area (Å²) in [6.07, 6.45) is 1.28. The van der Waals surface area contributed by atoms with E-state index in [4.69, 9.17) is 27.9 Å². The van der Waals surface area contributed by atoms with Crippen molar-refractivity contribution in [2.24, 2.45) is 0 Å². The Labute approximate surface area is 201 Å². The summed E-state index contributed by atoms with van der Waals surface area (Å²) in [6.45, 7) is 9.84. The van der Waals surface area contributed by atoms with Crippen LogP contribution in [0, 0.1) is 13.8 Å². The monoisotopic (exact) mass is 478 g/mol. The van der Waals surface area contributed by atoms with Crippen molar-refractivity contribution in [1.29, 1.82) is 0 Å². The second-order valence-electron chi connectivity index (χ2n) is 8.00. The predicted octanol–water partition coefficient (Wildman–Crippen LogP) is 5.71. The molecule has 0 aromatic heterocycles. The van der Waals surface area contributed by atoms with Crippen molar-refractivity contribution in [1.82, 2.24) is 10.2 Å². The van der Waals surface area contributed by atoms with Gasteiger partial charge in [0.15, 0.2) is 6.61 Å².